The van der Waals surface area contributed by atoms with E-state index in [4.69, 9.17) is 4.52 Å². The molecule has 0 bridgehead atoms. The molecule has 3 aromatic rings. The van der Waals surface area contributed by atoms with Gasteiger partial charge in [0.05, 0.1) is 9.75 Å². The van der Waals surface area contributed by atoms with Gasteiger partial charge >= 0.3 is 0 Å². The zero-order valence-electron chi connectivity index (χ0n) is 15.9. The van der Waals surface area contributed by atoms with Crippen molar-refractivity contribution in [1.29, 1.82) is 0 Å². The van der Waals surface area contributed by atoms with Crippen molar-refractivity contribution in [2.24, 2.45) is 0 Å². The van der Waals surface area contributed by atoms with Crippen LogP contribution in [0.3, 0.4) is 0 Å². The highest BCUT2D eigenvalue weighted by molar-refractivity contribution is 7.17. The molecular formula is C22H23N3O2S. The predicted octanol–water partition coefficient (Wildman–Crippen LogP) is 5.39. The normalized spacial score (nSPS) is 14.0. The predicted molar refractivity (Wildman–Crippen MR) is 111 cm³/mol. The zero-order chi connectivity index (χ0) is 19.3. The second kappa shape index (κ2) is 8.52. The minimum absolute atomic E-state index is 0.0464. The van der Waals surface area contributed by atoms with Gasteiger partial charge in [-0.05, 0) is 63.3 Å². The largest absolute Gasteiger partial charge is 0.351 e. The van der Waals surface area contributed by atoms with E-state index < -0.39 is 0 Å². The Morgan fingerprint density at radius 1 is 1.18 bits per heavy atom. The molecule has 0 atom stereocenters. The number of amides is 1. The van der Waals surface area contributed by atoms with Gasteiger partial charge in [0.2, 0.25) is 5.82 Å². The van der Waals surface area contributed by atoms with Crippen LogP contribution in [0.2, 0.25) is 0 Å². The molecule has 5 nitrogen and oxygen atoms in total. The number of rotatable bonds is 6. The molecule has 4 rings (SSSR count). The summed E-state index contributed by atoms with van der Waals surface area (Å²) < 4.78 is 5.39. The number of aromatic nitrogens is 2. The van der Waals surface area contributed by atoms with Gasteiger partial charge in [-0.25, -0.2) is 0 Å². The van der Waals surface area contributed by atoms with Crippen molar-refractivity contribution in [3.05, 3.63) is 58.5 Å². The van der Waals surface area contributed by atoms with Gasteiger partial charge in [0.1, 0.15) is 0 Å². The Morgan fingerprint density at radius 2 is 2.04 bits per heavy atom. The number of hydrogen-bond donors (Lipinski definition) is 1. The fourth-order valence-electron chi connectivity index (χ4n) is 3.27. The van der Waals surface area contributed by atoms with Crippen LogP contribution in [0.15, 0.2) is 52.6 Å². The van der Waals surface area contributed by atoms with Gasteiger partial charge in [-0.1, -0.05) is 34.5 Å². The van der Waals surface area contributed by atoms with Crippen molar-refractivity contribution in [3.63, 3.8) is 0 Å². The minimum atomic E-state index is -0.0464. The van der Waals surface area contributed by atoms with Crippen LogP contribution in [0.1, 0.15) is 47.3 Å². The molecule has 1 aliphatic rings. The Hall–Kier alpha value is -2.73. The topological polar surface area (TPSA) is 68.0 Å². The van der Waals surface area contributed by atoms with E-state index in [1.165, 1.54) is 48.2 Å². The fourth-order valence-corrected chi connectivity index (χ4v) is 4.12. The molecule has 1 N–H and O–H groups in total. The van der Waals surface area contributed by atoms with E-state index in [-0.39, 0.29) is 5.91 Å². The Bertz CT molecular complexity index is 985. The van der Waals surface area contributed by atoms with Crippen LogP contribution in [0, 0.1) is 6.92 Å². The quantitative estimate of drug-likeness (QED) is 0.570. The van der Waals surface area contributed by atoms with E-state index in [0.29, 0.717) is 23.1 Å². The molecule has 0 radical (unpaired) electrons. The molecule has 1 aliphatic carbocycles. The van der Waals surface area contributed by atoms with Crippen molar-refractivity contribution in [1.82, 2.24) is 15.5 Å². The third-order valence-corrected chi connectivity index (χ3v) is 5.97. The maximum absolute atomic E-state index is 12.4. The van der Waals surface area contributed by atoms with Gasteiger partial charge in [0, 0.05) is 12.1 Å². The van der Waals surface area contributed by atoms with E-state index in [1.807, 2.05) is 43.3 Å². The second-order valence-corrected chi connectivity index (χ2v) is 8.15. The maximum Gasteiger partial charge on any atom is 0.261 e. The number of nitrogens with zero attached hydrogens (tertiary/aromatic N) is 2. The smallest absolute Gasteiger partial charge is 0.261 e. The summed E-state index contributed by atoms with van der Waals surface area (Å²) in [5.41, 5.74) is 3.53. The molecule has 0 spiro atoms. The monoisotopic (exact) mass is 393 g/mol. The molecule has 0 saturated carbocycles. The number of benzene rings is 1. The van der Waals surface area contributed by atoms with Crippen molar-refractivity contribution in [3.8, 4) is 22.2 Å². The lowest BCUT2D eigenvalue weighted by molar-refractivity contribution is 0.0958. The maximum atomic E-state index is 12.4. The summed E-state index contributed by atoms with van der Waals surface area (Å²) in [7, 11) is 0. The molecule has 144 valence electrons. The molecule has 1 amide bonds. The summed E-state index contributed by atoms with van der Waals surface area (Å²) in [6.45, 7) is 2.71. The number of carbonyl (C=O) groups is 1. The van der Waals surface area contributed by atoms with Crippen molar-refractivity contribution >= 4 is 17.2 Å². The van der Waals surface area contributed by atoms with Gasteiger partial charge in [-0.3, -0.25) is 4.79 Å². The van der Waals surface area contributed by atoms with Crippen LogP contribution in [0.5, 0.6) is 0 Å². The van der Waals surface area contributed by atoms with Gasteiger partial charge in [-0.2, -0.15) is 4.98 Å². The van der Waals surface area contributed by atoms with Crippen LogP contribution in [0.4, 0.5) is 0 Å². The van der Waals surface area contributed by atoms with Crippen molar-refractivity contribution in [2.75, 3.05) is 6.54 Å². The highest BCUT2D eigenvalue weighted by atomic mass is 32.1. The van der Waals surface area contributed by atoms with Crippen LogP contribution >= 0.6 is 11.3 Å². The summed E-state index contributed by atoms with van der Waals surface area (Å²) >= 11 is 1.38. The van der Waals surface area contributed by atoms with Gasteiger partial charge < -0.3 is 9.84 Å². The van der Waals surface area contributed by atoms with Crippen LogP contribution in [-0.2, 0) is 0 Å². The Morgan fingerprint density at radius 3 is 2.82 bits per heavy atom. The highest BCUT2D eigenvalue weighted by Gasteiger charge is 2.15. The van der Waals surface area contributed by atoms with Gasteiger partial charge in [0.25, 0.3) is 11.8 Å². The first-order valence-electron chi connectivity index (χ1n) is 9.66. The van der Waals surface area contributed by atoms with Crippen molar-refractivity contribution in [2.45, 2.75) is 39.0 Å². The Balaban J connectivity index is 1.38. The molecule has 0 fully saturated rings. The minimum Gasteiger partial charge on any atom is -0.351 e. The number of hydrogen-bond acceptors (Lipinski definition) is 5. The number of allylic oxidation sites excluding steroid dienone is 1. The first-order chi connectivity index (χ1) is 13.7. The van der Waals surface area contributed by atoms with E-state index in [2.05, 4.69) is 21.5 Å². The first kappa shape index (κ1) is 18.6. The Labute approximate surface area is 168 Å². The second-order valence-electron chi connectivity index (χ2n) is 7.07. The molecule has 0 aliphatic heterocycles. The molecule has 2 aromatic heterocycles. The Kier molecular flexibility index (Phi) is 5.67. The summed E-state index contributed by atoms with van der Waals surface area (Å²) in [5, 5.41) is 7.08. The number of aryl methyl sites for hydroxylation is 1. The lowest BCUT2D eigenvalue weighted by Crippen LogP contribution is -2.23. The molecular weight excluding hydrogens is 370 g/mol. The van der Waals surface area contributed by atoms with Crippen molar-refractivity contribution < 1.29 is 9.32 Å². The van der Waals surface area contributed by atoms with Crippen LogP contribution in [0.25, 0.3) is 22.2 Å². The third-order valence-electron chi connectivity index (χ3n) is 4.89. The molecule has 0 saturated heterocycles. The number of carbonyl (C=O) groups excluding carboxylic acids is 1. The van der Waals surface area contributed by atoms with E-state index in [9.17, 15) is 4.79 Å². The zero-order valence-corrected chi connectivity index (χ0v) is 16.7. The summed E-state index contributed by atoms with van der Waals surface area (Å²) in [5.74, 6) is 0.942. The number of thiophene rings is 1. The molecule has 0 unspecified atom stereocenters. The summed E-state index contributed by atoms with van der Waals surface area (Å²) in [4.78, 5) is 18.4. The molecule has 28 heavy (non-hydrogen) atoms. The first-order valence-corrected chi connectivity index (χ1v) is 10.5. The van der Waals surface area contributed by atoms with Gasteiger partial charge in [-0.15, -0.1) is 11.3 Å². The molecule has 2 heterocycles. The highest BCUT2D eigenvalue weighted by Crippen LogP contribution is 2.28. The summed E-state index contributed by atoms with van der Waals surface area (Å²) in [6, 6.07) is 11.6. The standard InChI is InChI=1S/C22H23N3O2S/c1-15-7-9-17(10-8-15)22-24-20(25-27-22)18-11-12-19(28-18)21(26)23-14-13-16-5-3-2-4-6-16/h5,7-12H,2-4,6,13-14H2,1H3,(H,23,26). The van der Waals surface area contributed by atoms with Crippen LogP contribution < -0.4 is 5.32 Å². The van der Waals surface area contributed by atoms with E-state index in [1.54, 1.807) is 0 Å². The third kappa shape index (κ3) is 4.39. The SMILES string of the molecule is Cc1ccc(-c2nc(-c3ccc(C(=O)NCCC4=CCCCC4)s3)no2)cc1. The number of nitrogens with one attached hydrogen (secondary N) is 1. The average molecular weight is 394 g/mol. The molecule has 1 aromatic carbocycles. The van der Waals surface area contributed by atoms with E-state index in [0.717, 1.165) is 16.9 Å². The van der Waals surface area contributed by atoms with Crippen LogP contribution in [-0.4, -0.2) is 22.6 Å². The van der Waals surface area contributed by atoms with Gasteiger partial charge in [0.15, 0.2) is 0 Å². The molecule has 6 heteroatoms. The van der Waals surface area contributed by atoms with E-state index >= 15 is 0 Å². The lowest BCUT2D eigenvalue weighted by atomic mass is 9.97. The fraction of sp³-hybridized carbons (Fsp3) is 0.318. The average Bonchev–Trinajstić information content (AvgIpc) is 3.39. The lowest BCUT2D eigenvalue weighted by Gasteiger charge is -2.12. The summed E-state index contributed by atoms with van der Waals surface area (Å²) in [6.07, 6.45) is 8.15.